The second-order valence-corrected chi connectivity index (χ2v) is 5.46. The number of Topliss-reactive ketones (excluding diaryl/α,β-unsaturated/α-hetero) is 2. The number of carbonyl (C=O) groups excluding carboxylic acids is 2. The summed E-state index contributed by atoms with van der Waals surface area (Å²) in [7, 11) is 0. The molecular formula is C15H17NO2. The van der Waals surface area contributed by atoms with Crippen molar-refractivity contribution in [2.24, 2.45) is 5.41 Å². The molecule has 0 heterocycles. The fourth-order valence-electron chi connectivity index (χ4n) is 3.53. The third-order valence-electron chi connectivity index (χ3n) is 4.54. The van der Waals surface area contributed by atoms with Gasteiger partial charge in [0.05, 0.1) is 11.3 Å². The van der Waals surface area contributed by atoms with E-state index in [1.54, 1.807) is 6.07 Å². The van der Waals surface area contributed by atoms with E-state index in [9.17, 15) is 9.59 Å². The average Bonchev–Trinajstić information content (AvgIpc) is 2.94. The van der Waals surface area contributed by atoms with Gasteiger partial charge in [-0.3, -0.25) is 9.59 Å². The molecule has 1 aromatic carbocycles. The first-order valence-corrected chi connectivity index (χ1v) is 6.57. The van der Waals surface area contributed by atoms with Gasteiger partial charge in [0.15, 0.2) is 5.78 Å². The van der Waals surface area contributed by atoms with Gasteiger partial charge in [-0.15, -0.1) is 0 Å². The maximum Gasteiger partial charge on any atom is 0.154 e. The molecule has 3 nitrogen and oxygen atoms in total. The van der Waals surface area contributed by atoms with E-state index >= 15 is 0 Å². The number of anilines is 1. The highest BCUT2D eigenvalue weighted by atomic mass is 16.2. The van der Waals surface area contributed by atoms with Gasteiger partial charge in [0.1, 0.15) is 5.78 Å². The van der Waals surface area contributed by atoms with Crippen LogP contribution in [0.15, 0.2) is 24.3 Å². The van der Waals surface area contributed by atoms with Crippen molar-refractivity contribution in [3.8, 4) is 0 Å². The minimum atomic E-state index is -0.660. The van der Waals surface area contributed by atoms with Crippen LogP contribution < -0.4 is 5.73 Å². The first kappa shape index (κ1) is 11.5. The third kappa shape index (κ3) is 1.43. The molecule has 2 fully saturated rings. The van der Waals surface area contributed by atoms with Gasteiger partial charge in [-0.2, -0.15) is 0 Å². The smallest absolute Gasteiger partial charge is 0.154 e. The number of ketones is 2. The average molecular weight is 243 g/mol. The van der Waals surface area contributed by atoms with Crippen molar-refractivity contribution in [3.05, 3.63) is 29.8 Å². The Labute approximate surface area is 106 Å². The maximum absolute atomic E-state index is 12.6. The molecule has 3 rings (SSSR count). The van der Waals surface area contributed by atoms with Crippen LogP contribution in [-0.2, 0) is 9.59 Å². The Kier molecular flexibility index (Phi) is 2.51. The molecule has 1 spiro atoms. The van der Waals surface area contributed by atoms with Crippen molar-refractivity contribution >= 4 is 17.3 Å². The number of nitrogens with two attached hydrogens (primary N) is 1. The molecule has 1 atom stereocenters. The van der Waals surface area contributed by atoms with E-state index in [2.05, 4.69) is 0 Å². The fourth-order valence-corrected chi connectivity index (χ4v) is 3.53. The predicted molar refractivity (Wildman–Crippen MR) is 69.1 cm³/mol. The first-order chi connectivity index (χ1) is 8.65. The lowest BCUT2D eigenvalue weighted by Crippen LogP contribution is -2.30. The van der Waals surface area contributed by atoms with Crippen molar-refractivity contribution in [3.63, 3.8) is 0 Å². The van der Waals surface area contributed by atoms with Crippen LogP contribution in [0.5, 0.6) is 0 Å². The van der Waals surface area contributed by atoms with E-state index < -0.39 is 5.41 Å². The number of carbonyl (C=O) groups is 2. The van der Waals surface area contributed by atoms with Crippen LogP contribution in [0.2, 0.25) is 0 Å². The minimum absolute atomic E-state index is 0.114. The Balaban J connectivity index is 2.00. The van der Waals surface area contributed by atoms with Gasteiger partial charge in [0.2, 0.25) is 0 Å². The van der Waals surface area contributed by atoms with Crippen LogP contribution >= 0.6 is 0 Å². The SMILES string of the molecule is Nc1ccccc1C1CC(=O)C2(CCCC2)C1=O. The highest BCUT2D eigenvalue weighted by molar-refractivity contribution is 6.16. The van der Waals surface area contributed by atoms with E-state index in [1.165, 1.54) is 0 Å². The summed E-state index contributed by atoms with van der Waals surface area (Å²) >= 11 is 0. The van der Waals surface area contributed by atoms with Crippen molar-refractivity contribution in [1.29, 1.82) is 0 Å². The topological polar surface area (TPSA) is 60.2 Å². The third-order valence-corrected chi connectivity index (χ3v) is 4.54. The van der Waals surface area contributed by atoms with E-state index in [0.29, 0.717) is 12.1 Å². The van der Waals surface area contributed by atoms with Gasteiger partial charge in [-0.05, 0) is 24.5 Å². The minimum Gasteiger partial charge on any atom is -0.398 e. The molecule has 1 unspecified atom stereocenters. The lowest BCUT2D eigenvalue weighted by Gasteiger charge is -2.19. The first-order valence-electron chi connectivity index (χ1n) is 6.57. The fraction of sp³-hybridized carbons (Fsp3) is 0.467. The summed E-state index contributed by atoms with van der Waals surface area (Å²) in [6.07, 6.45) is 3.82. The molecule has 1 aromatic rings. The van der Waals surface area contributed by atoms with Gasteiger partial charge < -0.3 is 5.73 Å². The van der Waals surface area contributed by atoms with E-state index in [0.717, 1.165) is 31.2 Å². The molecule has 0 amide bonds. The summed E-state index contributed by atoms with van der Waals surface area (Å²) in [6.45, 7) is 0. The van der Waals surface area contributed by atoms with Gasteiger partial charge in [0, 0.05) is 12.1 Å². The lowest BCUT2D eigenvalue weighted by atomic mass is 9.80. The number of nitrogen functional groups attached to an aromatic ring is 1. The van der Waals surface area contributed by atoms with Crippen molar-refractivity contribution in [2.45, 2.75) is 38.0 Å². The predicted octanol–water partition coefficient (Wildman–Crippen LogP) is 2.45. The molecule has 3 heteroatoms. The Morgan fingerprint density at radius 3 is 2.44 bits per heavy atom. The van der Waals surface area contributed by atoms with Gasteiger partial charge in [-0.25, -0.2) is 0 Å². The molecule has 2 aliphatic rings. The molecule has 0 bridgehead atoms. The normalized spacial score (nSPS) is 26.1. The van der Waals surface area contributed by atoms with E-state index in [4.69, 9.17) is 5.73 Å². The van der Waals surface area contributed by atoms with Crippen LogP contribution in [0.1, 0.15) is 43.6 Å². The van der Waals surface area contributed by atoms with Crippen molar-refractivity contribution in [2.75, 3.05) is 5.73 Å². The van der Waals surface area contributed by atoms with Gasteiger partial charge in [0.25, 0.3) is 0 Å². The zero-order valence-corrected chi connectivity index (χ0v) is 10.3. The molecule has 2 saturated carbocycles. The molecule has 2 aliphatic carbocycles. The Morgan fingerprint density at radius 1 is 1.11 bits per heavy atom. The molecule has 0 aromatic heterocycles. The zero-order valence-electron chi connectivity index (χ0n) is 10.3. The summed E-state index contributed by atoms with van der Waals surface area (Å²) in [6, 6.07) is 7.40. The van der Waals surface area contributed by atoms with E-state index in [1.807, 2.05) is 18.2 Å². The zero-order chi connectivity index (χ0) is 12.8. The van der Waals surface area contributed by atoms with Crippen molar-refractivity contribution < 1.29 is 9.59 Å². The summed E-state index contributed by atoms with van der Waals surface area (Å²) in [5, 5.41) is 0. The largest absolute Gasteiger partial charge is 0.398 e. The van der Waals surface area contributed by atoms with Crippen LogP contribution in [0.25, 0.3) is 0 Å². The molecule has 94 valence electrons. The van der Waals surface area contributed by atoms with Crippen molar-refractivity contribution in [1.82, 2.24) is 0 Å². The molecule has 0 radical (unpaired) electrons. The molecule has 0 aliphatic heterocycles. The second-order valence-electron chi connectivity index (χ2n) is 5.46. The number of rotatable bonds is 1. The Hall–Kier alpha value is -1.64. The van der Waals surface area contributed by atoms with Crippen LogP contribution in [0.3, 0.4) is 0 Å². The Morgan fingerprint density at radius 2 is 1.78 bits per heavy atom. The van der Waals surface area contributed by atoms with E-state index in [-0.39, 0.29) is 17.5 Å². The number of benzene rings is 1. The molecule has 0 saturated heterocycles. The van der Waals surface area contributed by atoms with Gasteiger partial charge in [-0.1, -0.05) is 31.0 Å². The molecule has 2 N–H and O–H groups in total. The lowest BCUT2D eigenvalue weighted by molar-refractivity contribution is -0.134. The standard InChI is InChI=1S/C15H17NO2/c16-12-6-2-1-5-10(12)11-9-13(17)15(14(11)18)7-3-4-8-15/h1-2,5-6,11H,3-4,7-9,16H2. The molecule has 18 heavy (non-hydrogen) atoms. The highest BCUT2D eigenvalue weighted by Crippen LogP contribution is 2.51. The number of hydrogen-bond donors (Lipinski definition) is 1. The summed E-state index contributed by atoms with van der Waals surface area (Å²) in [4.78, 5) is 24.9. The number of para-hydroxylation sites is 1. The quantitative estimate of drug-likeness (QED) is 0.608. The Bertz CT molecular complexity index is 515. The second kappa shape index (κ2) is 3.94. The van der Waals surface area contributed by atoms with Gasteiger partial charge >= 0.3 is 0 Å². The highest BCUT2D eigenvalue weighted by Gasteiger charge is 2.55. The summed E-state index contributed by atoms with van der Waals surface area (Å²) in [5.74, 6) is -0.0575. The summed E-state index contributed by atoms with van der Waals surface area (Å²) < 4.78 is 0. The van der Waals surface area contributed by atoms with Crippen LogP contribution in [0.4, 0.5) is 5.69 Å². The number of hydrogen-bond acceptors (Lipinski definition) is 3. The van der Waals surface area contributed by atoms with Crippen LogP contribution in [-0.4, -0.2) is 11.6 Å². The monoisotopic (exact) mass is 243 g/mol. The maximum atomic E-state index is 12.6. The molecular weight excluding hydrogens is 226 g/mol. The van der Waals surface area contributed by atoms with Crippen LogP contribution in [0, 0.1) is 5.41 Å². The summed E-state index contributed by atoms with van der Waals surface area (Å²) in [5.41, 5.74) is 6.73.